The van der Waals surface area contributed by atoms with Gasteiger partial charge in [-0.2, -0.15) is 9.65 Å². The van der Waals surface area contributed by atoms with Gasteiger partial charge in [0.2, 0.25) is 5.95 Å². The van der Waals surface area contributed by atoms with Crippen LogP contribution in [0.15, 0.2) is 42.4 Å². The highest BCUT2D eigenvalue weighted by Crippen LogP contribution is 2.60. The quantitative estimate of drug-likeness (QED) is 0.270. The number of nitrogens with one attached hydrogen (secondary N) is 4. The molecular weight excluding hydrogens is 515 g/mol. The number of benzene rings is 1. The molecule has 3 saturated carbocycles. The minimum absolute atomic E-state index is 0.0000660. The van der Waals surface area contributed by atoms with Crippen LogP contribution in [0, 0.1) is 35.5 Å². The van der Waals surface area contributed by atoms with Gasteiger partial charge in [0.15, 0.2) is 0 Å². The molecule has 202 valence electrons. The first kappa shape index (κ1) is 25.7. The molecule has 3 fully saturated rings. The van der Waals surface area contributed by atoms with Crippen molar-refractivity contribution in [3.63, 3.8) is 0 Å². The maximum atomic E-state index is 14.0. The molecule has 1 aromatic carbocycles. The molecule has 0 saturated heterocycles. The number of halogens is 2. The Balaban J connectivity index is 1.40. The first-order chi connectivity index (χ1) is 18.5. The van der Waals surface area contributed by atoms with Crippen LogP contribution in [0.1, 0.15) is 62.9 Å². The predicted molar refractivity (Wildman–Crippen MR) is 151 cm³/mol. The lowest BCUT2D eigenvalue weighted by Crippen LogP contribution is -2.69. The van der Waals surface area contributed by atoms with Crippen molar-refractivity contribution in [3.05, 3.63) is 70.2 Å². The zero-order chi connectivity index (χ0) is 27.5. The van der Waals surface area contributed by atoms with E-state index >= 15 is 0 Å². The van der Waals surface area contributed by atoms with E-state index in [1.807, 2.05) is 12.1 Å². The van der Waals surface area contributed by atoms with Gasteiger partial charge in [0.25, 0.3) is 0 Å². The molecule has 3 aliphatic carbocycles. The van der Waals surface area contributed by atoms with Gasteiger partial charge in [-0.25, -0.2) is 4.98 Å². The zero-order valence-electron chi connectivity index (χ0n) is 22.5. The van der Waals surface area contributed by atoms with Gasteiger partial charge in [-0.3, -0.25) is 9.99 Å². The number of nitriles is 1. The van der Waals surface area contributed by atoms with Crippen LogP contribution >= 0.6 is 11.6 Å². The second kappa shape index (κ2) is 9.25. The molecule has 4 aliphatic rings. The van der Waals surface area contributed by atoms with Gasteiger partial charge in [-0.1, -0.05) is 38.4 Å². The standard InChI is InChI=1S/C29H32ClFN8/c1-16-20(5-6-24(31)35-16)27(23-14-39(38-37-23)29-9-17(10-29)11-29)36-19-7-21-25(34-15-28(2,3)4)18(12-32)13-33-26(21)22(30)8-19/h5-8,13-14,17,27,36-38H,9-11,15H2,1-4H3,(H,33,34)/t17?,27-,29?/m0/s1. The topological polar surface area (TPSA) is 101 Å². The summed E-state index contributed by atoms with van der Waals surface area (Å²) in [7, 11) is 0. The Morgan fingerprint density at radius 1 is 1.28 bits per heavy atom. The summed E-state index contributed by atoms with van der Waals surface area (Å²) in [5, 5.41) is 20.3. The van der Waals surface area contributed by atoms with Crippen LogP contribution in [0.4, 0.5) is 15.8 Å². The number of hydrogen-bond donors (Lipinski definition) is 4. The number of anilines is 2. The Kier molecular flexibility index (Phi) is 6.08. The number of aromatic nitrogens is 2. The molecule has 2 bridgehead atoms. The third-order valence-electron chi connectivity index (χ3n) is 7.97. The minimum atomic E-state index is -0.518. The fourth-order valence-electron chi connectivity index (χ4n) is 5.77. The molecule has 8 nitrogen and oxygen atoms in total. The molecule has 39 heavy (non-hydrogen) atoms. The average molecular weight is 547 g/mol. The van der Waals surface area contributed by atoms with E-state index in [-0.39, 0.29) is 17.0 Å². The summed E-state index contributed by atoms with van der Waals surface area (Å²) in [5.41, 5.74) is 11.7. The van der Waals surface area contributed by atoms with E-state index in [0.29, 0.717) is 34.0 Å². The van der Waals surface area contributed by atoms with E-state index in [1.165, 1.54) is 25.3 Å². The van der Waals surface area contributed by atoms with Crippen molar-refractivity contribution in [2.45, 2.75) is 58.5 Å². The van der Waals surface area contributed by atoms with Crippen LogP contribution < -0.4 is 21.6 Å². The number of nitrogens with zero attached hydrogens (tertiary/aromatic N) is 4. The average Bonchev–Trinajstić information content (AvgIpc) is 3.28. The summed E-state index contributed by atoms with van der Waals surface area (Å²) in [5.74, 6) is 0.324. The second-order valence-electron chi connectivity index (χ2n) is 12.2. The molecule has 0 amide bonds. The van der Waals surface area contributed by atoms with Crippen molar-refractivity contribution in [1.29, 1.82) is 5.26 Å². The molecular formula is C29H32ClFN8. The van der Waals surface area contributed by atoms with Crippen LogP contribution in [0.25, 0.3) is 10.9 Å². The smallest absolute Gasteiger partial charge is 0.213 e. The number of hydrazine groups is 2. The van der Waals surface area contributed by atoms with Crippen molar-refractivity contribution < 1.29 is 4.39 Å². The van der Waals surface area contributed by atoms with E-state index in [2.05, 4.69) is 69.6 Å². The highest BCUT2D eigenvalue weighted by atomic mass is 35.5. The normalized spacial score (nSPS) is 22.3. The Labute approximate surface area is 232 Å². The number of fused-ring (bicyclic) bond motifs is 1. The number of hydrogen-bond acceptors (Lipinski definition) is 8. The van der Waals surface area contributed by atoms with Crippen LogP contribution in [-0.2, 0) is 0 Å². The first-order valence-electron chi connectivity index (χ1n) is 13.2. The van der Waals surface area contributed by atoms with Crippen molar-refractivity contribution in [1.82, 2.24) is 25.9 Å². The summed E-state index contributed by atoms with van der Waals surface area (Å²) in [6, 6.07) is 8.82. The summed E-state index contributed by atoms with van der Waals surface area (Å²) < 4.78 is 14.0. The van der Waals surface area contributed by atoms with E-state index in [1.54, 1.807) is 19.2 Å². The van der Waals surface area contributed by atoms with E-state index < -0.39 is 5.95 Å². The van der Waals surface area contributed by atoms with E-state index in [4.69, 9.17) is 11.6 Å². The van der Waals surface area contributed by atoms with E-state index in [9.17, 15) is 9.65 Å². The van der Waals surface area contributed by atoms with Crippen molar-refractivity contribution >= 4 is 33.9 Å². The molecule has 3 aromatic rings. The maximum absolute atomic E-state index is 14.0. The lowest BCUT2D eigenvalue weighted by Gasteiger charge is -2.64. The molecule has 3 heterocycles. The molecule has 2 aromatic heterocycles. The van der Waals surface area contributed by atoms with Crippen molar-refractivity contribution in [2.75, 3.05) is 17.2 Å². The number of aryl methyl sites for hydroxylation is 1. The molecule has 1 aliphatic heterocycles. The van der Waals surface area contributed by atoms with E-state index in [0.717, 1.165) is 28.3 Å². The zero-order valence-corrected chi connectivity index (χ0v) is 23.2. The third kappa shape index (κ3) is 4.62. The van der Waals surface area contributed by atoms with Gasteiger partial charge in [0.1, 0.15) is 6.07 Å². The van der Waals surface area contributed by atoms with Gasteiger partial charge in [-0.05, 0) is 55.7 Å². The van der Waals surface area contributed by atoms with Gasteiger partial charge < -0.3 is 16.1 Å². The third-order valence-corrected chi connectivity index (χ3v) is 8.26. The fraction of sp³-hybridized carbons (Fsp3) is 0.414. The lowest BCUT2D eigenvalue weighted by atomic mass is 9.49. The summed E-state index contributed by atoms with van der Waals surface area (Å²) in [4.78, 5) is 8.56. The Bertz CT molecular complexity index is 1520. The van der Waals surface area contributed by atoms with Crippen LogP contribution in [0.5, 0.6) is 0 Å². The fourth-order valence-corrected chi connectivity index (χ4v) is 6.03. The number of pyridine rings is 2. The van der Waals surface area contributed by atoms with Gasteiger partial charge in [0.05, 0.1) is 39.1 Å². The molecule has 10 heteroatoms. The summed E-state index contributed by atoms with van der Waals surface area (Å²) in [6.07, 6.45) is 7.24. The van der Waals surface area contributed by atoms with Crippen LogP contribution in [0.3, 0.4) is 0 Å². The Hall–Kier alpha value is -3.61. The first-order valence-corrected chi connectivity index (χ1v) is 13.6. The highest BCUT2D eigenvalue weighted by Gasteiger charge is 2.60. The molecule has 0 radical (unpaired) electrons. The molecule has 7 rings (SSSR count). The largest absolute Gasteiger partial charge is 0.383 e. The van der Waals surface area contributed by atoms with Gasteiger partial charge >= 0.3 is 0 Å². The van der Waals surface area contributed by atoms with Gasteiger partial charge in [0, 0.05) is 41.3 Å². The monoisotopic (exact) mass is 546 g/mol. The van der Waals surface area contributed by atoms with Crippen molar-refractivity contribution in [2.24, 2.45) is 11.3 Å². The molecule has 0 spiro atoms. The van der Waals surface area contributed by atoms with Crippen molar-refractivity contribution in [3.8, 4) is 6.07 Å². The summed E-state index contributed by atoms with van der Waals surface area (Å²) >= 11 is 6.75. The van der Waals surface area contributed by atoms with Crippen LogP contribution in [0.2, 0.25) is 5.02 Å². The maximum Gasteiger partial charge on any atom is 0.213 e. The highest BCUT2D eigenvalue weighted by molar-refractivity contribution is 6.35. The van der Waals surface area contributed by atoms with Gasteiger partial charge in [-0.15, -0.1) is 5.53 Å². The lowest BCUT2D eigenvalue weighted by molar-refractivity contribution is -0.141. The SMILES string of the molecule is Cc1nc(F)ccc1[C@H](Nc1cc(Cl)c2ncc(C#N)c(NCC(C)(C)C)c2c1)C1=CN(C23CC(C2)C3)NN1. The second-order valence-corrected chi connectivity index (χ2v) is 12.6. The molecule has 0 unspecified atom stereocenters. The minimum Gasteiger partial charge on any atom is -0.383 e. The number of rotatable bonds is 7. The van der Waals surface area contributed by atoms with Crippen LogP contribution in [-0.4, -0.2) is 27.1 Å². The summed E-state index contributed by atoms with van der Waals surface area (Å²) in [6.45, 7) is 8.86. The Morgan fingerprint density at radius 3 is 2.69 bits per heavy atom. The molecule has 1 atom stereocenters. The molecule has 4 N–H and O–H groups in total. The predicted octanol–water partition coefficient (Wildman–Crippen LogP) is 5.93. The Morgan fingerprint density at radius 2 is 2.05 bits per heavy atom.